The van der Waals surface area contributed by atoms with Gasteiger partial charge in [-0.3, -0.25) is 10.1 Å². The summed E-state index contributed by atoms with van der Waals surface area (Å²) >= 11 is 4.92. The van der Waals surface area contributed by atoms with Crippen molar-refractivity contribution in [3.05, 3.63) is 51.2 Å². The first kappa shape index (κ1) is 13.8. The Morgan fingerprint density at radius 3 is 2.48 bits per heavy atom. The normalized spacial score (nSPS) is 12.0. The van der Waals surface area contributed by atoms with Crippen LogP contribution in [0.15, 0.2) is 35.1 Å². The Balaban J connectivity index is 2.11. The molecular weight excluding hydrogens is 284 g/mol. The van der Waals surface area contributed by atoms with E-state index < -0.39 is 0 Å². The fourth-order valence-electron chi connectivity index (χ4n) is 2.22. The van der Waals surface area contributed by atoms with Crippen LogP contribution in [0, 0.1) is 4.77 Å². The zero-order valence-electron chi connectivity index (χ0n) is 12.1. The van der Waals surface area contributed by atoms with Gasteiger partial charge in [-0.1, -0.05) is 45.0 Å². The van der Waals surface area contributed by atoms with Crippen LogP contribution in [0.25, 0.3) is 16.9 Å². The van der Waals surface area contributed by atoms with Crippen LogP contribution < -0.4 is 5.69 Å². The van der Waals surface area contributed by atoms with Crippen LogP contribution in [0.5, 0.6) is 0 Å². The SMILES string of the molecule is CC(C)(C)c1ccc(-c2cc3nc(=S)[nH]c(=O)n3[nH]2)cc1. The number of hydrogen-bond donors (Lipinski definition) is 2. The minimum Gasteiger partial charge on any atom is -0.288 e. The van der Waals surface area contributed by atoms with Gasteiger partial charge in [-0.05, 0) is 28.8 Å². The molecule has 0 unspecified atom stereocenters. The molecule has 0 fully saturated rings. The lowest BCUT2D eigenvalue weighted by Gasteiger charge is -2.18. The highest BCUT2D eigenvalue weighted by Gasteiger charge is 2.13. The molecule has 0 bridgehead atoms. The van der Waals surface area contributed by atoms with Gasteiger partial charge >= 0.3 is 5.69 Å². The molecule has 3 aromatic rings. The van der Waals surface area contributed by atoms with Crippen molar-refractivity contribution in [1.82, 2.24) is 19.6 Å². The first-order valence-corrected chi connectivity index (χ1v) is 7.08. The Hall–Kier alpha value is -2.21. The number of hydrogen-bond acceptors (Lipinski definition) is 3. The van der Waals surface area contributed by atoms with E-state index in [0.29, 0.717) is 5.65 Å². The van der Waals surface area contributed by atoms with Crippen LogP contribution in [-0.4, -0.2) is 19.6 Å². The number of aromatic nitrogens is 4. The molecule has 0 radical (unpaired) electrons. The second-order valence-electron chi connectivity index (χ2n) is 6.04. The average Bonchev–Trinajstić information content (AvgIpc) is 2.82. The molecule has 5 nitrogen and oxygen atoms in total. The van der Waals surface area contributed by atoms with Crippen LogP contribution >= 0.6 is 12.2 Å². The van der Waals surface area contributed by atoms with Crippen LogP contribution in [0.3, 0.4) is 0 Å². The van der Waals surface area contributed by atoms with Crippen molar-refractivity contribution in [1.29, 1.82) is 0 Å². The summed E-state index contributed by atoms with van der Waals surface area (Å²) in [5, 5.41) is 3.03. The molecule has 21 heavy (non-hydrogen) atoms. The van der Waals surface area contributed by atoms with Crippen molar-refractivity contribution in [2.24, 2.45) is 0 Å². The summed E-state index contributed by atoms with van der Waals surface area (Å²) in [6.07, 6.45) is 0. The summed E-state index contributed by atoms with van der Waals surface area (Å²) in [6.45, 7) is 6.53. The lowest BCUT2D eigenvalue weighted by molar-refractivity contribution is 0.590. The van der Waals surface area contributed by atoms with Crippen molar-refractivity contribution < 1.29 is 0 Å². The lowest BCUT2D eigenvalue weighted by atomic mass is 9.86. The smallest absolute Gasteiger partial charge is 0.288 e. The highest BCUT2D eigenvalue weighted by atomic mass is 32.1. The van der Waals surface area contributed by atoms with E-state index in [0.717, 1.165) is 11.3 Å². The third-order valence-corrected chi connectivity index (χ3v) is 3.62. The zero-order valence-corrected chi connectivity index (χ0v) is 12.9. The summed E-state index contributed by atoms with van der Waals surface area (Å²) in [6, 6.07) is 10.1. The van der Waals surface area contributed by atoms with Crippen molar-refractivity contribution in [2.45, 2.75) is 26.2 Å². The van der Waals surface area contributed by atoms with Gasteiger partial charge in [0.1, 0.15) is 0 Å². The topological polar surface area (TPSA) is 65.9 Å². The summed E-state index contributed by atoms with van der Waals surface area (Å²) in [5.74, 6) is 0. The van der Waals surface area contributed by atoms with Gasteiger partial charge in [0.05, 0.1) is 5.69 Å². The fourth-order valence-corrected chi connectivity index (χ4v) is 2.40. The van der Waals surface area contributed by atoms with E-state index >= 15 is 0 Å². The number of nitrogens with one attached hydrogen (secondary N) is 2. The molecule has 0 saturated heterocycles. The monoisotopic (exact) mass is 300 g/mol. The minimum atomic E-state index is -0.317. The number of rotatable bonds is 1. The summed E-state index contributed by atoms with van der Waals surface area (Å²) < 4.78 is 1.54. The van der Waals surface area contributed by atoms with E-state index in [1.54, 1.807) is 0 Å². The summed E-state index contributed by atoms with van der Waals surface area (Å²) in [7, 11) is 0. The maximum Gasteiger partial charge on any atom is 0.348 e. The fraction of sp³-hybridized carbons (Fsp3) is 0.267. The van der Waals surface area contributed by atoms with Crippen molar-refractivity contribution in [2.75, 3.05) is 0 Å². The van der Waals surface area contributed by atoms with E-state index in [-0.39, 0.29) is 15.9 Å². The van der Waals surface area contributed by atoms with Gasteiger partial charge in [-0.2, -0.15) is 4.52 Å². The lowest BCUT2D eigenvalue weighted by Crippen LogP contribution is -2.18. The van der Waals surface area contributed by atoms with E-state index in [1.807, 2.05) is 18.2 Å². The molecule has 0 atom stereocenters. The third kappa shape index (κ3) is 2.54. The number of fused-ring (bicyclic) bond motifs is 1. The zero-order chi connectivity index (χ0) is 15.2. The Kier molecular flexibility index (Phi) is 3.06. The van der Waals surface area contributed by atoms with Gasteiger partial charge in [0.25, 0.3) is 0 Å². The largest absolute Gasteiger partial charge is 0.348 e. The highest BCUT2D eigenvalue weighted by Crippen LogP contribution is 2.25. The molecule has 0 aliphatic rings. The van der Waals surface area contributed by atoms with Crippen LogP contribution in [0.1, 0.15) is 26.3 Å². The number of aromatic amines is 2. The first-order chi connectivity index (χ1) is 9.84. The Morgan fingerprint density at radius 2 is 1.86 bits per heavy atom. The molecule has 6 heteroatoms. The van der Waals surface area contributed by atoms with Crippen molar-refractivity contribution in [3.63, 3.8) is 0 Å². The molecule has 2 heterocycles. The molecule has 3 rings (SSSR count). The molecule has 0 spiro atoms. The standard InChI is InChI=1S/C15H16N4OS/c1-15(2,3)10-6-4-9(5-7-10)11-8-12-16-13(21)17-14(20)19(12)18-11/h4-8,18H,1-3H3,(H,17,20,21). The molecule has 108 valence electrons. The van der Waals surface area contributed by atoms with E-state index in [9.17, 15) is 4.79 Å². The average molecular weight is 300 g/mol. The maximum absolute atomic E-state index is 11.8. The van der Waals surface area contributed by atoms with Crippen LogP contribution in [-0.2, 0) is 5.41 Å². The predicted molar refractivity (Wildman–Crippen MR) is 85.1 cm³/mol. The van der Waals surface area contributed by atoms with Gasteiger partial charge in [0.2, 0.25) is 4.77 Å². The maximum atomic E-state index is 11.8. The van der Waals surface area contributed by atoms with Crippen LogP contribution in [0.4, 0.5) is 0 Å². The predicted octanol–water partition coefficient (Wildman–Crippen LogP) is 3.04. The molecule has 0 amide bonds. The first-order valence-electron chi connectivity index (χ1n) is 6.67. The quantitative estimate of drug-likeness (QED) is 0.679. The van der Waals surface area contributed by atoms with Crippen LogP contribution in [0.2, 0.25) is 0 Å². The second kappa shape index (κ2) is 4.66. The van der Waals surface area contributed by atoms with E-state index in [4.69, 9.17) is 12.2 Å². The van der Waals surface area contributed by atoms with Gasteiger partial charge in [0, 0.05) is 6.07 Å². The van der Waals surface area contributed by atoms with Gasteiger partial charge in [-0.25, -0.2) is 9.78 Å². The molecule has 0 aliphatic carbocycles. The molecule has 2 aromatic heterocycles. The number of benzene rings is 1. The Labute approximate surface area is 126 Å². The van der Waals surface area contributed by atoms with Crippen molar-refractivity contribution >= 4 is 17.9 Å². The molecular formula is C15H16N4OS. The van der Waals surface area contributed by atoms with Crippen molar-refractivity contribution in [3.8, 4) is 11.3 Å². The molecule has 2 N–H and O–H groups in total. The Morgan fingerprint density at radius 1 is 1.19 bits per heavy atom. The summed E-state index contributed by atoms with van der Waals surface area (Å²) in [5.41, 5.74) is 3.40. The second-order valence-corrected chi connectivity index (χ2v) is 6.42. The van der Waals surface area contributed by atoms with Gasteiger partial charge < -0.3 is 0 Å². The minimum absolute atomic E-state index is 0.115. The van der Waals surface area contributed by atoms with Gasteiger partial charge in [-0.15, -0.1) is 0 Å². The number of nitrogens with zero attached hydrogens (tertiary/aromatic N) is 2. The van der Waals surface area contributed by atoms with E-state index in [1.165, 1.54) is 10.1 Å². The highest BCUT2D eigenvalue weighted by molar-refractivity contribution is 7.71. The summed E-state index contributed by atoms with van der Waals surface area (Å²) in [4.78, 5) is 18.4. The number of H-pyrrole nitrogens is 2. The Bertz CT molecular complexity index is 910. The van der Waals surface area contributed by atoms with E-state index in [2.05, 4.69) is 48.0 Å². The molecule has 1 aromatic carbocycles. The molecule has 0 aliphatic heterocycles. The third-order valence-electron chi connectivity index (χ3n) is 3.43. The van der Waals surface area contributed by atoms with Gasteiger partial charge in [0.15, 0.2) is 5.65 Å². The molecule has 0 saturated carbocycles.